The van der Waals surface area contributed by atoms with Gasteiger partial charge in [0.15, 0.2) is 0 Å². The summed E-state index contributed by atoms with van der Waals surface area (Å²) in [5, 5.41) is 2.66. The average Bonchev–Trinajstić information content (AvgIpc) is 1.98. The van der Waals surface area contributed by atoms with E-state index in [1.165, 1.54) is 7.11 Å². The summed E-state index contributed by atoms with van der Waals surface area (Å²) in [6.45, 7) is 0.701. The molecule has 0 saturated heterocycles. The van der Waals surface area contributed by atoms with Gasteiger partial charge in [-0.15, -0.1) is 0 Å². The molecule has 0 aliphatic rings. The van der Waals surface area contributed by atoms with Gasteiger partial charge in [-0.2, -0.15) is 0 Å². The lowest BCUT2D eigenvalue weighted by Crippen LogP contribution is -2.28. The Bertz CT molecular complexity index is 161. The first-order valence-electron chi connectivity index (χ1n) is 3.70. The number of methoxy groups -OCH3 is 1. The van der Waals surface area contributed by atoms with Crippen LogP contribution in [0.25, 0.3) is 0 Å². The van der Waals surface area contributed by atoms with E-state index in [0.29, 0.717) is 18.0 Å². The quantitative estimate of drug-likeness (QED) is 0.450. The number of ether oxygens (including phenoxy) is 1. The van der Waals surface area contributed by atoms with E-state index in [9.17, 15) is 4.79 Å². The van der Waals surface area contributed by atoms with E-state index in [0.717, 1.165) is 6.42 Å². The van der Waals surface area contributed by atoms with Crippen molar-refractivity contribution in [3.63, 3.8) is 0 Å². The van der Waals surface area contributed by atoms with Crippen molar-refractivity contribution in [1.82, 2.24) is 5.32 Å². The van der Waals surface area contributed by atoms with E-state index in [1.807, 2.05) is 0 Å². The number of carbonyl (C=O) groups is 1. The molecule has 1 amide bonds. The van der Waals surface area contributed by atoms with Gasteiger partial charge in [0.25, 0.3) is 0 Å². The number of hydrogen-bond acceptors (Lipinski definition) is 3. The largest absolute Gasteiger partial charge is 0.393 e. The predicted molar refractivity (Wildman–Crippen MR) is 50.9 cm³/mol. The molecule has 4 nitrogen and oxygen atoms in total. The molecule has 0 unspecified atom stereocenters. The summed E-state index contributed by atoms with van der Waals surface area (Å²) >= 11 is 4.67. The molecule has 70 valence electrons. The second-order valence-corrected chi connectivity index (χ2v) is 2.88. The van der Waals surface area contributed by atoms with Crippen molar-refractivity contribution in [1.29, 1.82) is 0 Å². The van der Waals surface area contributed by atoms with E-state index in [2.05, 4.69) is 22.3 Å². The van der Waals surface area contributed by atoms with E-state index < -0.39 is 0 Å². The van der Waals surface area contributed by atoms with Gasteiger partial charge in [-0.05, 0) is 12.8 Å². The van der Waals surface area contributed by atoms with Crippen LogP contribution in [0.15, 0.2) is 0 Å². The number of thiocarbonyl (C=S) groups is 1. The first-order valence-corrected chi connectivity index (χ1v) is 4.11. The molecule has 0 bridgehead atoms. The van der Waals surface area contributed by atoms with Crippen molar-refractivity contribution in [2.45, 2.75) is 12.8 Å². The number of hydrogen-bond donors (Lipinski definition) is 2. The Balaban J connectivity index is 3.19. The molecule has 0 atom stereocenters. The van der Waals surface area contributed by atoms with Crippen LogP contribution in [-0.4, -0.2) is 31.2 Å². The second-order valence-electron chi connectivity index (χ2n) is 2.35. The Morgan fingerprint density at radius 2 is 2.33 bits per heavy atom. The third-order valence-electron chi connectivity index (χ3n) is 1.20. The SMILES string of the molecule is COCC(=O)NCCCC(N)=S. The Kier molecular flexibility index (Phi) is 6.60. The van der Waals surface area contributed by atoms with Gasteiger partial charge < -0.3 is 15.8 Å². The topological polar surface area (TPSA) is 64.3 Å². The minimum Gasteiger partial charge on any atom is -0.393 e. The van der Waals surface area contributed by atoms with E-state index in [-0.39, 0.29) is 12.5 Å². The maximum atomic E-state index is 10.8. The number of nitrogens with one attached hydrogen (secondary N) is 1. The van der Waals surface area contributed by atoms with Crippen LogP contribution in [0.2, 0.25) is 0 Å². The van der Waals surface area contributed by atoms with Crippen LogP contribution in [0.4, 0.5) is 0 Å². The van der Waals surface area contributed by atoms with Gasteiger partial charge in [0.2, 0.25) is 5.91 Å². The lowest BCUT2D eigenvalue weighted by atomic mass is 10.3. The van der Waals surface area contributed by atoms with Gasteiger partial charge >= 0.3 is 0 Å². The smallest absolute Gasteiger partial charge is 0.245 e. The third-order valence-corrected chi connectivity index (χ3v) is 1.40. The zero-order chi connectivity index (χ0) is 9.40. The van der Waals surface area contributed by atoms with Crippen molar-refractivity contribution in [3.05, 3.63) is 0 Å². The standard InChI is InChI=1S/C7H14N2O2S/c1-11-5-7(10)9-4-2-3-6(8)12/h2-5H2,1H3,(H2,8,12)(H,9,10). The fourth-order valence-electron chi connectivity index (χ4n) is 0.673. The van der Waals surface area contributed by atoms with Crippen LogP contribution in [-0.2, 0) is 9.53 Å². The number of amides is 1. The molecule has 0 aliphatic carbocycles. The monoisotopic (exact) mass is 190 g/mol. The molecule has 0 radical (unpaired) electrons. The molecule has 0 heterocycles. The maximum absolute atomic E-state index is 10.8. The van der Waals surface area contributed by atoms with Gasteiger partial charge in [-0.3, -0.25) is 4.79 Å². The lowest BCUT2D eigenvalue weighted by Gasteiger charge is -2.02. The summed E-state index contributed by atoms with van der Waals surface area (Å²) in [6, 6.07) is 0. The van der Waals surface area contributed by atoms with Gasteiger partial charge in [-0.1, -0.05) is 12.2 Å². The normalized spacial score (nSPS) is 9.42. The summed E-state index contributed by atoms with van der Waals surface area (Å²) < 4.78 is 4.62. The van der Waals surface area contributed by atoms with Gasteiger partial charge in [0, 0.05) is 13.7 Å². The minimum absolute atomic E-state index is 0.104. The highest BCUT2D eigenvalue weighted by molar-refractivity contribution is 7.80. The Morgan fingerprint density at radius 1 is 1.67 bits per heavy atom. The Labute approximate surface area is 77.5 Å². The van der Waals surface area contributed by atoms with Crippen LogP contribution in [0.1, 0.15) is 12.8 Å². The van der Waals surface area contributed by atoms with Crippen molar-refractivity contribution in [3.8, 4) is 0 Å². The summed E-state index contributed by atoms with van der Waals surface area (Å²) in [4.78, 5) is 11.3. The number of nitrogens with two attached hydrogens (primary N) is 1. The molecule has 5 heteroatoms. The fraction of sp³-hybridized carbons (Fsp3) is 0.714. The fourth-order valence-corrected chi connectivity index (χ4v) is 0.817. The van der Waals surface area contributed by atoms with Gasteiger partial charge in [-0.25, -0.2) is 0 Å². The highest BCUT2D eigenvalue weighted by Crippen LogP contribution is 1.86. The van der Waals surface area contributed by atoms with Crippen molar-refractivity contribution < 1.29 is 9.53 Å². The number of rotatable bonds is 6. The summed E-state index contributed by atoms with van der Waals surface area (Å²) in [5.41, 5.74) is 5.26. The molecule has 0 aliphatic heterocycles. The second kappa shape index (κ2) is 7.00. The van der Waals surface area contributed by atoms with Crippen molar-refractivity contribution in [2.24, 2.45) is 5.73 Å². The minimum atomic E-state index is -0.111. The third kappa shape index (κ3) is 7.43. The molecule has 0 saturated carbocycles. The summed E-state index contributed by atoms with van der Waals surface area (Å²) in [6.07, 6.45) is 1.45. The summed E-state index contributed by atoms with van der Waals surface area (Å²) in [7, 11) is 1.48. The molecular formula is C7H14N2O2S. The zero-order valence-corrected chi connectivity index (χ0v) is 7.95. The zero-order valence-electron chi connectivity index (χ0n) is 7.13. The van der Waals surface area contributed by atoms with Crippen molar-refractivity contribution >= 4 is 23.1 Å². The molecular weight excluding hydrogens is 176 g/mol. The average molecular weight is 190 g/mol. The van der Waals surface area contributed by atoms with E-state index >= 15 is 0 Å². The van der Waals surface area contributed by atoms with Crippen molar-refractivity contribution in [2.75, 3.05) is 20.3 Å². The lowest BCUT2D eigenvalue weighted by molar-refractivity contribution is -0.124. The predicted octanol–water partition coefficient (Wildman–Crippen LogP) is -0.185. The molecule has 0 rings (SSSR count). The van der Waals surface area contributed by atoms with Gasteiger partial charge in [0.05, 0.1) is 4.99 Å². The van der Waals surface area contributed by atoms with Crippen LogP contribution >= 0.6 is 12.2 Å². The molecule has 12 heavy (non-hydrogen) atoms. The Morgan fingerprint density at radius 3 is 2.83 bits per heavy atom. The molecule has 0 spiro atoms. The first-order chi connectivity index (χ1) is 5.66. The molecule has 0 aromatic rings. The molecule has 0 aromatic heterocycles. The molecule has 0 aromatic carbocycles. The number of carbonyl (C=O) groups excluding carboxylic acids is 1. The molecule has 3 N–H and O–H groups in total. The molecule has 0 fully saturated rings. The van der Waals surface area contributed by atoms with E-state index in [1.54, 1.807) is 0 Å². The highest BCUT2D eigenvalue weighted by atomic mass is 32.1. The highest BCUT2D eigenvalue weighted by Gasteiger charge is 1.97. The van der Waals surface area contributed by atoms with Crippen LogP contribution in [0, 0.1) is 0 Å². The van der Waals surface area contributed by atoms with Crippen LogP contribution in [0.3, 0.4) is 0 Å². The maximum Gasteiger partial charge on any atom is 0.245 e. The van der Waals surface area contributed by atoms with E-state index in [4.69, 9.17) is 5.73 Å². The Hall–Kier alpha value is -0.680. The van der Waals surface area contributed by atoms with Gasteiger partial charge in [0.1, 0.15) is 6.61 Å². The van der Waals surface area contributed by atoms with Crippen LogP contribution < -0.4 is 11.1 Å². The first kappa shape index (κ1) is 11.3. The van der Waals surface area contributed by atoms with Crippen LogP contribution in [0.5, 0.6) is 0 Å². The summed E-state index contributed by atoms with van der Waals surface area (Å²) in [5.74, 6) is -0.111.